The first-order chi connectivity index (χ1) is 11.6. The monoisotopic (exact) mass is 329 g/mol. The molecule has 24 heavy (non-hydrogen) atoms. The molecule has 3 atom stereocenters. The number of aromatic nitrogens is 1. The Labute approximate surface area is 144 Å². The van der Waals surface area contributed by atoms with Gasteiger partial charge >= 0.3 is 0 Å². The molecular weight excluding hydrogens is 302 g/mol. The third-order valence-corrected chi connectivity index (χ3v) is 6.05. The van der Waals surface area contributed by atoms with Gasteiger partial charge in [0.25, 0.3) is 0 Å². The molecule has 1 amide bonds. The minimum Gasteiger partial charge on any atom is -0.353 e. The maximum Gasteiger partial charge on any atom is 0.225 e. The van der Waals surface area contributed by atoms with Crippen molar-refractivity contribution in [2.75, 3.05) is 19.7 Å². The second-order valence-corrected chi connectivity index (χ2v) is 7.81. The van der Waals surface area contributed by atoms with Crippen molar-refractivity contribution in [1.82, 2.24) is 14.8 Å². The van der Waals surface area contributed by atoms with Crippen LogP contribution in [0.4, 0.5) is 0 Å². The molecule has 3 aliphatic heterocycles. The van der Waals surface area contributed by atoms with Crippen molar-refractivity contribution in [3.8, 4) is 0 Å². The molecule has 5 heteroatoms. The van der Waals surface area contributed by atoms with Crippen LogP contribution in [0.25, 0.3) is 0 Å². The van der Waals surface area contributed by atoms with Gasteiger partial charge in [0.2, 0.25) is 5.91 Å². The van der Waals surface area contributed by atoms with Crippen LogP contribution in [0.3, 0.4) is 0 Å². The summed E-state index contributed by atoms with van der Waals surface area (Å²) in [5.74, 6) is 1.17. The summed E-state index contributed by atoms with van der Waals surface area (Å²) in [4.78, 5) is 21.4. The first-order valence-corrected chi connectivity index (χ1v) is 9.17. The van der Waals surface area contributed by atoms with Crippen LogP contribution < -0.4 is 0 Å². The van der Waals surface area contributed by atoms with Gasteiger partial charge in [0.15, 0.2) is 0 Å². The van der Waals surface area contributed by atoms with Crippen LogP contribution in [0, 0.1) is 11.8 Å². The lowest BCUT2D eigenvalue weighted by Crippen LogP contribution is -2.65. The Morgan fingerprint density at radius 3 is 2.92 bits per heavy atom. The van der Waals surface area contributed by atoms with E-state index in [1.165, 1.54) is 5.56 Å². The fourth-order valence-corrected chi connectivity index (χ4v) is 4.74. The Morgan fingerprint density at radius 1 is 1.38 bits per heavy atom. The summed E-state index contributed by atoms with van der Waals surface area (Å²) < 4.78 is 6.36. The Kier molecular flexibility index (Phi) is 4.09. The molecule has 0 saturated carbocycles. The van der Waals surface area contributed by atoms with Crippen molar-refractivity contribution < 1.29 is 9.53 Å². The van der Waals surface area contributed by atoms with Gasteiger partial charge < -0.3 is 9.64 Å². The standard InChI is InChI=1S/C19H27N3O2/c1-14(2)17-13-24-19-7-10-21(11-15-5-8-20-9-6-15)12-16(19)3-4-18(23)22(17)19/h5-6,8-9,14,16-17H,3-4,7,10-13H2,1-2H3. The van der Waals surface area contributed by atoms with Crippen LogP contribution in [0.5, 0.6) is 0 Å². The van der Waals surface area contributed by atoms with Gasteiger partial charge in [-0.15, -0.1) is 0 Å². The van der Waals surface area contributed by atoms with Gasteiger partial charge in [0.1, 0.15) is 5.72 Å². The number of piperidine rings is 2. The highest BCUT2D eigenvalue weighted by Gasteiger charge is 2.58. The molecule has 0 aromatic carbocycles. The summed E-state index contributed by atoms with van der Waals surface area (Å²) in [6.07, 6.45) is 6.26. The van der Waals surface area contributed by atoms with E-state index < -0.39 is 0 Å². The zero-order valence-corrected chi connectivity index (χ0v) is 14.6. The lowest BCUT2D eigenvalue weighted by atomic mass is 9.79. The van der Waals surface area contributed by atoms with Crippen LogP contribution in [0.15, 0.2) is 24.5 Å². The molecule has 1 spiro atoms. The van der Waals surface area contributed by atoms with Gasteiger partial charge in [-0.1, -0.05) is 13.8 Å². The van der Waals surface area contributed by atoms with Crippen molar-refractivity contribution in [2.45, 2.75) is 51.4 Å². The van der Waals surface area contributed by atoms with Crippen molar-refractivity contribution in [3.05, 3.63) is 30.1 Å². The Hall–Kier alpha value is -1.46. The SMILES string of the molecule is CC(C)C1COC23CCN(Cc4ccncc4)CC2CCC(=O)N13. The third kappa shape index (κ3) is 2.54. The molecule has 3 fully saturated rings. The molecule has 4 rings (SSSR count). The Bertz CT molecular complexity index is 606. The van der Waals surface area contributed by atoms with E-state index in [1.807, 2.05) is 12.4 Å². The van der Waals surface area contributed by atoms with E-state index >= 15 is 0 Å². The minimum absolute atomic E-state index is 0.243. The number of rotatable bonds is 3. The highest BCUT2D eigenvalue weighted by Crippen LogP contribution is 2.47. The van der Waals surface area contributed by atoms with E-state index in [2.05, 4.69) is 40.8 Å². The summed E-state index contributed by atoms with van der Waals surface area (Å²) in [6, 6.07) is 4.41. The predicted molar refractivity (Wildman–Crippen MR) is 91.0 cm³/mol. The third-order valence-electron chi connectivity index (χ3n) is 6.05. The molecule has 4 heterocycles. The first-order valence-electron chi connectivity index (χ1n) is 9.17. The maximum absolute atomic E-state index is 12.6. The lowest BCUT2D eigenvalue weighted by molar-refractivity contribution is -0.193. The van der Waals surface area contributed by atoms with E-state index in [0.717, 1.165) is 32.5 Å². The molecule has 1 aromatic rings. The quantitative estimate of drug-likeness (QED) is 0.853. The van der Waals surface area contributed by atoms with E-state index in [9.17, 15) is 4.79 Å². The van der Waals surface area contributed by atoms with Crippen molar-refractivity contribution in [3.63, 3.8) is 0 Å². The molecular formula is C19H27N3O2. The zero-order valence-electron chi connectivity index (χ0n) is 14.6. The zero-order chi connectivity index (χ0) is 16.7. The largest absolute Gasteiger partial charge is 0.353 e. The predicted octanol–water partition coefficient (Wildman–Crippen LogP) is 2.28. The Morgan fingerprint density at radius 2 is 2.17 bits per heavy atom. The van der Waals surface area contributed by atoms with Gasteiger partial charge in [0, 0.05) is 50.8 Å². The van der Waals surface area contributed by atoms with Crippen molar-refractivity contribution in [2.24, 2.45) is 11.8 Å². The van der Waals surface area contributed by atoms with Crippen molar-refractivity contribution in [1.29, 1.82) is 0 Å². The molecule has 3 unspecified atom stereocenters. The number of hydrogen-bond acceptors (Lipinski definition) is 4. The Balaban J connectivity index is 1.52. The molecule has 5 nitrogen and oxygen atoms in total. The molecule has 130 valence electrons. The second-order valence-electron chi connectivity index (χ2n) is 7.81. The van der Waals surface area contributed by atoms with Crippen LogP contribution in [-0.4, -0.2) is 52.2 Å². The molecule has 0 N–H and O–H groups in total. The average molecular weight is 329 g/mol. The number of amides is 1. The second kappa shape index (κ2) is 6.12. The highest BCUT2D eigenvalue weighted by atomic mass is 16.5. The molecule has 1 aromatic heterocycles. The van der Waals surface area contributed by atoms with Crippen LogP contribution in [0.1, 0.15) is 38.7 Å². The highest BCUT2D eigenvalue weighted by molar-refractivity contribution is 5.78. The minimum atomic E-state index is -0.334. The first kappa shape index (κ1) is 16.0. The molecule has 3 aliphatic rings. The van der Waals surface area contributed by atoms with E-state index in [0.29, 0.717) is 30.8 Å². The van der Waals surface area contributed by atoms with Crippen LogP contribution in [-0.2, 0) is 16.1 Å². The van der Waals surface area contributed by atoms with Crippen LogP contribution in [0.2, 0.25) is 0 Å². The molecule has 0 radical (unpaired) electrons. The average Bonchev–Trinajstić information content (AvgIpc) is 2.98. The molecule has 3 saturated heterocycles. The summed E-state index contributed by atoms with van der Waals surface area (Å²) in [6.45, 7) is 8.04. The number of ether oxygens (including phenoxy) is 1. The number of nitrogens with zero attached hydrogens (tertiary/aromatic N) is 3. The van der Waals surface area contributed by atoms with E-state index in [-0.39, 0.29) is 11.8 Å². The van der Waals surface area contributed by atoms with Gasteiger partial charge in [-0.05, 0) is 30.0 Å². The molecule has 0 aliphatic carbocycles. The van der Waals surface area contributed by atoms with Gasteiger partial charge in [-0.3, -0.25) is 14.7 Å². The number of likely N-dealkylation sites (tertiary alicyclic amines) is 1. The van der Waals surface area contributed by atoms with Gasteiger partial charge in [0.05, 0.1) is 12.6 Å². The fourth-order valence-electron chi connectivity index (χ4n) is 4.74. The van der Waals surface area contributed by atoms with Gasteiger partial charge in [-0.25, -0.2) is 0 Å². The summed E-state index contributed by atoms with van der Waals surface area (Å²) in [7, 11) is 0. The fraction of sp³-hybridized carbons (Fsp3) is 0.684. The van der Waals surface area contributed by atoms with Crippen molar-refractivity contribution >= 4 is 5.91 Å². The molecule has 0 bridgehead atoms. The van der Waals surface area contributed by atoms with Crippen LogP contribution >= 0.6 is 0 Å². The smallest absolute Gasteiger partial charge is 0.225 e. The number of carbonyl (C=O) groups is 1. The maximum atomic E-state index is 12.6. The topological polar surface area (TPSA) is 45.7 Å². The van der Waals surface area contributed by atoms with E-state index in [4.69, 9.17) is 4.74 Å². The normalized spacial score (nSPS) is 33.6. The number of pyridine rings is 1. The van der Waals surface area contributed by atoms with E-state index in [1.54, 1.807) is 0 Å². The number of carbonyl (C=O) groups excluding carboxylic acids is 1. The summed E-state index contributed by atoms with van der Waals surface area (Å²) in [5, 5.41) is 0. The number of hydrogen-bond donors (Lipinski definition) is 0. The summed E-state index contributed by atoms with van der Waals surface area (Å²) in [5.41, 5.74) is 0.969. The lowest BCUT2D eigenvalue weighted by Gasteiger charge is -2.53. The summed E-state index contributed by atoms with van der Waals surface area (Å²) >= 11 is 0. The van der Waals surface area contributed by atoms with Gasteiger partial charge in [-0.2, -0.15) is 0 Å².